The van der Waals surface area contributed by atoms with Crippen LogP contribution in [0, 0.1) is 0 Å². The predicted octanol–water partition coefficient (Wildman–Crippen LogP) is 0.974. The lowest BCUT2D eigenvalue weighted by molar-refractivity contribution is 0.249. The van der Waals surface area contributed by atoms with E-state index >= 15 is 0 Å². The summed E-state index contributed by atoms with van der Waals surface area (Å²) in [7, 11) is 0.0545. The van der Waals surface area contributed by atoms with Gasteiger partial charge in [0.2, 0.25) is 0 Å². The summed E-state index contributed by atoms with van der Waals surface area (Å²) in [4.78, 5) is 4.06. The highest BCUT2D eigenvalue weighted by Crippen LogP contribution is 2.27. The zero-order chi connectivity index (χ0) is 13.2. The quantitative estimate of drug-likeness (QED) is 0.865. The van der Waals surface area contributed by atoms with Crippen molar-refractivity contribution >= 4 is 10.0 Å². The largest absolute Gasteiger partial charge is 0.316 e. The Morgan fingerprint density at radius 3 is 2.61 bits per heavy atom. The fraction of sp³-hybridized carbons (Fsp3) is 0.583. The van der Waals surface area contributed by atoms with Gasteiger partial charge in [-0.15, -0.1) is 0 Å². The minimum Gasteiger partial charge on any atom is -0.316 e. The SMILES string of the molecule is CNCc1ccc(S(=O)(=O)N(C)C2CCC2)nc1. The van der Waals surface area contributed by atoms with Gasteiger partial charge in [-0.25, -0.2) is 13.4 Å². The summed E-state index contributed by atoms with van der Waals surface area (Å²) in [6.07, 6.45) is 4.62. The number of hydrogen-bond donors (Lipinski definition) is 1. The molecule has 1 aromatic heterocycles. The van der Waals surface area contributed by atoms with Crippen molar-refractivity contribution in [2.75, 3.05) is 14.1 Å². The maximum absolute atomic E-state index is 12.3. The van der Waals surface area contributed by atoms with Crippen LogP contribution in [-0.4, -0.2) is 37.8 Å². The Morgan fingerprint density at radius 2 is 2.17 bits per heavy atom. The molecule has 1 saturated carbocycles. The summed E-state index contributed by atoms with van der Waals surface area (Å²) < 4.78 is 26.0. The van der Waals surface area contributed by atoms with Crippen LogP contribution in [0.1, 0.15) is 24.8 Å². The van der Waals surface area contributed by atoms with Gasteiger partial charge in [-0.3, -0.25) is 0 Å². The molecule has 6 heteroatoms. The van der Waals surface area contributed by atoms with Crippen molar-refractivity contribution in [3.05, 3.63) is 23.9 Å². The standard InChI is InChI=1S/C12H19N3O2S/c1-13-8-10-6-7-12(14-9-10)18(16,17)15(2)11-4-3-5-11/h6-7,9,11,13H,3-5,8H2,1-2H3. The van der Waals surface area contributed by atoms with Gasteiger partial charge >= 0.3 is 0 Å². The number of sulfonamides is 1. The third kappa shape index (κ3) is 2.55. The summed E-state index contributed by atoms with van der Waals surface area (Å²) in [5, 5.41) is 3.14. The van der Waals surface area contributed by atoms with Crippen molar-refractivity contribution < 1.29 is 8.42 Å². The molecule has 100 valence electrons. The van der Waals surface area contributed by atoms with Gasteiger partial charge in [-0.1, -0.05) is 12.5 Å². The smallest absolute Gasteiger partial charge is 0.260 e. The number of nitrogens with one attached hydrogen (secondary N) is 1. The van der Waals surface area contributed by atoms with E-state index in [4.69, 9.17) is 0 Å². The normalized spacial score (nSPS) is 16.8. The van der Waals surface area contributed by atoms with Crippen molar-refractivity contribution in [1.82, 2.24) is 14.6 Å². The van der Waals surface area contributed by atoms with E-state index in [0.717, 1.165) is 24.8 Å². The molecule has 0 radical (unpaired) electrons. The van der Waals surface area contributed by atoms with Crippen LogP contribution in [0.25, 0.3) is 0 Å². The highest BCUT2D eigenvalue weighted by Gasteiger charge is 2.32. The Morgan fingerprint density at radius 1 is 1.44 bits per heavy atom. The van der Waals surface area contributed by atoms with Crippen LogP contribution in [-0.2, 0) is 16.6 Å². The Balaban J connectivity index is 2.18. The maximum atomic E-state index is 12.3. The van der Waals surface area contributed by atoms with E-state index < -0.39 is 10.0 Å². The third-order valence-electron chi connectivity index (χ3n) is 3.41. The van der Waals surface area contributed by atoms with Gasteiger partial charge in [0.1, 0.15) is 0 Å². The van der Waals surface area contributed by atoms with E-state index in [1.54, 1.807) is 25.4 Å². The molecule has 18 heavy (non-hydrogen) atoms. The van der Waals surface area contributed by atoms with E-state index in [1.165, 1.54) is 4.31 Å². The first-order valence-electron chi connectivity index (χ1n) is 6.13. The molecular weight excluding hydrogens is 250 g/mol. The van der Waals surface area contributed by atoms with Gasteiger partial charge in [-0.05, 0) is 31.5 Å². The van der Waals surface area contributed by atoms with Gasteiger partial charge in [0.25, 0.3) is 10.0 Å². The number of pyridine rings is 1. The van der Waals surface area contributed by atoms with Crippen LogP contribution in [0.4, 0.5) is 0 Å². The summed E-state index contributed by atoms with van der Waals surface area (Å²) in [6, 6.07) is 3.52. The van der Waals surface area contributed by atoms with Gasteiger partial charge in [-0.2, -0.15) is 4.31 Å². The monoisotopic (exact) mass is 269 g/mol. The summed E-state index contributed by atoms with van der Waals surface area (Å²) in [5.74, 6) is 0. The topological polar surface area (TPSA) is 62.3 Å². The maximum Gasteiger partial charge on any atom is 0.260 e. The summed E-state index contributed by atoms with van der Waals surface area (Å²) in [6.45, 7) is 0.686. The summed E-state index contributed by atoms with van der Waals surface area (Å²) in [5.41, 5.74) is 0.975. The molecule has 0 bridgehead atoms. The molecule has 0 aliphatic heterocycles. The van der Waals surface area contributed by atoms with Crippen LogP contribution in [0.5, 0.6) is 0 Å². The fourth-order valence-electron chi connectivity index (χ4n) is 1.97. The van der Waals surface area contributed by atoms with Crippen LogP contribution < -0.4 is 5.32 Å². The zero-order valence-electron chi connectivity index (χ0n) is 10.8. The molecule has 1 fully saturated rings. The zero-order valence-corrected chi connectivity index (χ0v) is 11.6. The Hall–Kier alpha value is -0.980. The van der Waals surface area contributed by atoms with Crippen molar-refractivity contribution in [2.45, 2.75) is 36.9 Å². The highest BCUT2D eigenvalue weighted by molar-refractivity contribution is 7.89. The molecule has 5 nitrogen and oxygen atoms in total. The lowest BCUT2D eigenvalue weighted by atomic mass is 9.94. The van der Waals surface area contributed by atoms with E-state index in [-0.39, 0.29) is 11.1 Å². The van der Waals surface area contributed by atoms with Gasteiger partial charge in [0.05, 0.1) is 0 Å². The molecule has 1 aliphatic carbocycles. The number of rotatable bonds is 5. The van der Waals surface area contributed by atoms with E-state index in [0.29, 0.717) is 6.54 Å². The Labute approximate surface area is 108 Å². The molecule has 0 atom stereocenters. The molecular formula is C12H19N3O2S. The first kappa shape index (κ1) is 13.5. The Bertz CT molecular complexity index is 495. The minimum atomic E-state index is -3.43. The van der Waals surface area contributed by atoms with Crippen LogP contribution >= 0.6 is 0 Å². The van der Waals surface area contributed by atoms with E-state index in [9.17, 15) is 8.42 Å². The average Bonchev–Trinajstić information content (AvgIpc) is 2.28. The molecule has 0 saturated heterocycles. The lowest BCUT2D eigenvalue weighted by Gasteiger charge is -2.33. The van der Waals surface area contributed by atoms with Crippen molar-refractivity contribution in [1.29, 1.82) is 0 Å². The molecule has 0 spiro atoms. The van der Waals surface area contributed by atoms with Crippen LogP contribution in [0.15, 0.2) is 23.4 Å². The van der Waals surface area contributed by atoms with Crippen LogP contribution in [0.2, 0.25) is 0 Å². The van der Waals surface area contributed by atoms with Crippen molar-refractivity contribution in [3.8, 4) is 0 Å². The fourth-order valence-corrected chi connectivity index (χ4v) is 3.29. The van der Waals surface area contributed by atoms with Crippen molar-refractivity contribution in [3.63, 3.8) is 0 Å². The first-order valence-corrected chi connectivity index (χ1v) is 7.57. The molecule has 0 aromatic carbocycles. The minimum absolute atomic E-state index is 0.136. The molecule has 2 rings (SSSR count). The van der Waals surface area contributed by atoms with Gasteiger partial charge < -0.3 is 5.32 Å². The molecule has 0 unspecified atom stereocenters. The van der Waals surface area contributed by atoms with Gasteiger partial charge in [0.15, 0.2) is 5.03 Å². The lowest BCUT2D eigenvalue weighted by Crippen LogP contribution is -2.41. The number of aromatic nitrogens is 1. The third-order valence-corrected chi connectivity index (χ3v) is 5.24. The Kier molecular flexibility index (Phi) is 3.99. The highest BCUT2D eigenvalue weighted by atomic mass is 32.2. The second-order valence-electron chi connectivity index (χ2n) is 4.64. The van der Waals surface area contributed by atoms with Crippen molar-refractivity contribution in [2.24, 2.45) is 0 Å². The van der Waals surface area contributed by atoms with Gasteiger partial charge in [0, 0.05) is 25.8 Å². The number of hydrogen-bond acceptors (Lipinski definition) is 4. The van der Waals surface area contributed by atoms with Crippen LogP contribution in [0.3, 0.4) is 0 Å². The average molecular weight is 269 g/mol. The molecule has 1 heterocycles. The van der Waals surface area contributed by atoms with E-state index in [2.05, 4.69) is 10.3 Å². The number of nitrogens with zero attached hydrogens (tertiary/aromatic N) is 2. The molecule has 1 aromatic rings. The first-order chi connectivity index (χ1) is 8.55. The second-order valence-corrected chi connectivity index (χ2v) is 6.59. The molecule has 0 amide bonds. The predicted molar refractivity (Wildman–Crippen MR) is 69.6 cm³/mol. The molecule has 1 N–H and O–H groups in total. The summed E-state index contributed by atoms with van der Waals surface area (Å²) >= 11 is 0. The molecule has 1 aliphatic rings. The van der Waals surface area contributed by atoms with E-state index in [1.807, 2.05) is 7.05 Å². The second kappa shape index (κ2) is 5.34.